The molecular formula is C22H38O. The van der Waals surface area contributed by atoms with E-state index in [1.54, 1.807) is 0 Å². The Hall–Kier alpha value is -0.330. The van der Waals surface area contributed by atoms with Crippen molar-refractivity contribution in [2.24, 2.45) is 23.7 Å². The van der Waals surface area contributed by atoms with Crippen LogP contribution in [0.15, 0.2) is 0 Å². The highest BCUT2D eigenvalue weighted by molar-refractivity contribution is 5.81. The lowest BCUT2D eigenvalue weighted by molar-refractivity contribution is -0.126. The van der Waals surface area contributed by atoms with E-state index in [-0.39, 0.29) is 0 Å². The molecule has 1 heteroatoms. The molecule has 0 radical (unpaired) electrons. The maximum atomic E-state index is 12.5. The lowest BCUT2D eigenvalue weighted by Gasteiger charge is -2.33. The standard InChI is InChI=1S/C22H38O/c23-22-17-20-14-15-21(22)9-7-5-3-1-2-4-6-8-18-10-12-19(16-20)13-11-18/h18-21H,1-17H2. The lowest BCUT2D eigenvalue weighted by Crippen LogP contribution is -2.27. The number of hydrogen-bond donors (Lipinski definition) is 0. The summed E-state index contributed by atoms with van der Waals surface area (Å²) in [6.07, 6.45) is 23.3. The summed E-state index contributed by atoms with van der Waals surface area (Å²) in [5, 5.41) is 0. The van der Waals surface area contributed by atoms with Gasteiger partial charge in [-0.25, -0.2) is 0 Å². The number of rotatable bonds is 0. The molecule has 0 N–H and O–H groups in total. The zero-order valence-corrected chi connectivity index (χ0v) is 15.2. The van der Waals surface area contributed by atoms with E-state index in [9.17, 15) is 4.79 Å². The molecule has 132 valence electrons. The number of hydrogen-bond acceptors (Lipinski definition) is 1. The van der Waals surface area contributed by atoms with Crippen LogP contribution in [0.3, 0.4) is 0 Å². The predicted octanol–water partition coefficient (Wildman–Crippen LogP) is 6.69. The molecule has 0 amide bonds. The SMILES string of the molecule is O=C1CC2CCC1CCCCCCCCCC1CCC(CC1)C2. The Morgan fingerprint density at radius 1 is 0.522 bits per heavy atom. The summed E-state index contributed by atoms with van der Waals surface area (Å²) < 4.78 is 0. The first-order valence-corrected chi connectivity index (χ1v) is 10.8. The van der Waals surface area contributed by atoms with Gasteiger partial charge >= 0.3 is 0 Å². The number of carbonyl (C=O) groups is 1. The summed E-state index contributed by atoms with van der Waals surface area (Å²) in [6, 6.07) is 0. The minimum atomic E-state index is 0.431. The predicted molar refractivity (Wildman–Crippen MR) is 97.5 cm³/mol. The van der Waals surface area contributed by atoms with Gasteiger partial charge in [-0.2, -0.15) is 0 Å². The van der Waals surface area contributed by atoms with Gasteiger partial charge in [0.05, 0.1) is 0 Å². The van der Waals surface area contributed by atoms with Crippen LogP contribution >= 0.6 is 0 Å². The maximum Gasteiger partial charge on any atom is 0.136 e. The van der Waals surface area contributed by atoms with Crippen LogP contribution in [0.5, 0.6) is 0 Å². The van der Waals surface area contributed by atoms with Crippen LogP contribution in [0.2, 0.25) is 0 Å². The molecule has 0 spiro atoms. The fraction of sp³-hybridized carbons (Fsp3) is 0.955. The second kappa shape index (κ2) is 9.23. The van der Waals surface area contributed by atoms with Crippen molar-refractivity contribution < 1.29 is 4.79 Å². The largest absolute Gasteiger partial charge is 0.299 e. The first kappa shape index (κ1) is 17.5. The molecule has 5 fully saturated rings. The molecule has 0 aromatic carbocycles. The van der Waals surface area contributed by atoms with Crippen molar-refractivity contribution in [3.05, 3.63) is 0 Å². The summed E-state index contributed by atoms with van der Waals surface area (Å²) in [7, 11) is 0. The summed E-state index contributed by atoms with van der Waals surface area (Å²) in [5.41, 5.74) is 0. The number of fused-ring (bicyclic) bond motifs is 2. The Labute approximate surface area is 144 Å². The molecular weight excluding hydrogens is 280 g/mol. The Kier molecular flexibility index (Phi) is 7.02. The molecule has 5 rings (SSSR count). The summed E-state index contributed by atoms with van der Waals surface area (Å²) in [4.78, 5) is 12.5. The van der Waals surface area contributed by atoms with Crippen LogP contribution in [-0.4, -0.2) is 5.78 Å². The molecule has 0 saturated heterocycles. The molecule has 0 aliphatic heterocycles. The first-order chi connectivity index (χ1) is 11.3. The van der Waals surface area contributed by atoms with E-state index in [1.807, 2.05) is 0 Å². The van der Waals surface area contributed by atoms with Crippen LogP contribution < -0.4 is 0 Å². The number of ketones is 1. The molecule has 5 aliphatic carbocycles. The van der Waals surface area contributed by atoms with Crippen LogP contribution in [-0.2, 0) is 4.79 Å². The quantitative estimate of drug-likeness (QED) is 0.486. The van der Waals surface area contributed by atoms with E-state index < -0.39 is 0 Å². The third-order valence-electron chi connectivity index (χ3n) is 7.17. The van der Waals surface area contributed by atoms with Gasteiger partial charge in [-0.3, -0.25) is 4.79 Å². The van der Waals surface area contributed by atoms with Gasteiger partial charge < -0.3 is 0 Å². The van der Waals surface area contributed by atoms with Crippen molar-refractivity contribution in [1.29, 1.82) is 0 Å². The van der Waals surface area contributed by atoms with Gasteiger partial charge in [-0.05, 0) is 43.4 Å². The Balaban J connectivity index is 1.52. The summed E-state index contributed by atoms with van der Waals surface area (Å²) in [5.74, 6) is 3.76. The molecule has 0 aromatic rings. The highest BCUT2D eigenvalue weighted by Crippen LogP contribution is 2.39. The van der Waals surface area contributed by atoms with Gasteiger partial charge in [0.25, 0.3) is 0 Å². The normalized spacial score (nSPS) is 38.2. The Morgan fingerprint density at radius 3 is 1.78 bits per heavy atom. The van der Waals surface area contributed by atoms with E-state index in [4.69, 9.17) is 0 Å². The van der Waals surface area contributed by atoms with Crippen LogP contribution in [0.4, 0.5) is 0 Å². The average molecular weight is 319 g/mol. The van der Waals surface area contributed by atoms with E-state index in [0.717, 1.165) is 24.2 Å². The van der Waals surface area contributed by atoms with Gasteiger partial charge in [0.1, 0.15) is 5.78 Å². The average Bonchev–Trinajstić information content (AvgIpc) is 2.56. The summed E-state index contributed by atoms with van der Waals surface area (Å²) in [6.45, 7) is 0. The Morgan fingerprint density at radius 2 is 1.09 bits per heavy atom. The maximum absolute atomic E-state index is 12.5. The van der Waals surface area contributed by atoms with E-state index in [0.29, 0.717) is 11.7 Å². The molecule has 5 aliphatic rings. The first-order valence-electron chi connectivity index (χ1n) is 10.8. The van der Waals surface area contributed by atoms with Gasteiger partial charge in [-0.1, -0.05) is 77.0 Å². The summed E-state index contributed by atoms with van der Waals surface area (Å²) >= 11 is 0. The van der Waals surface area contributed by atoms with Crippen molar-refractivity contribution in [1.82, 2.24) is 0 Å². The second-order valence-corrected chi connectivity index (χ2v) is 8.99. The van der Waals surface area contributed by atoms with E-state index >= 15 is 0 Å². The van der Waals surface area contributed by atoms with Crippen molar-refractivity contribution in [2.75, 3.05) is 0 Å². The van der Waals surface area contributed by atoms with E-state index in [2.05, 4.69) is 0 Å². The topological polar surface area (TPSA) is 17.1 Å². The smallest absolute Gasteiger partial charge is 0.136 e. The molecule has 5 saturated carbocycles. The zero-order valence-electron chi connectivity index (χ0n) is 15.2. The third kappa shape index (κ3) is 5.61. The van der Waals surface area contributed by atoms with Gasteiger partial charge in [0.15, 0.2) is 0 Å². The monoisotopic (exact) mass is 318 g/mol. The molecule has 0 heterocycles. The molecule has 23 heavy (non-hydrogen) atoms. The minimum Gasteiger partial charge on any atom is -0.299 e. The fourth-order valence-corrected chi connectivity index (χ4v) is 5.59. The highest BCUT2D eigenvalue weighted by atomic mass is 16.1. The van der Waals surface area contributed by atoms with Gasteiger partial charge in [0, 0.05) is 12.3 Å². The molecule has 4 bridgehead atoms. The van der Waals surface area contributed by atoms with Crippen molar-refractivity contribution in [2.45, 2.75) is 109 Å². The second-order valence-electron chi connectivity index (χ2n) is 8.99. The fourth-order valence-electron chi connectivity index (χ4n) is 5.59. The van der Waals surface area contributed by atoms with Gasteiger partial charge in [-0.15, -0.1) is 0 Å². The van der Waals surface area contributed by atoms with Gasteiger partial charge in [0.2, 0.25) is 0 Å². The highest BCUT2D eigenvalue weighted by Gasteiger charge is 2.30. The molecule has 2 atom stereocenters. The van der Waals surface area contributed by atoms with Crippen molar-refractivity contribution in [3.8, 4) is 0 Å². The van der Waals surface area contributed by atoms with Crippen molar-refractivity contribution >= 4 is 5.78 Å². The third-order valence-corrected chi connectivity index (χ3v) is 7.17. The number of carbonyl (C=O) groups excluding carboxylic acids is 1. The zero-order chi connectivity index (χ0) is 15.9. The van der Waals surface area contributed by atoms with Crippen LogP contribution in [0.1, 0.15) is 109 Å². The molecule has 0 aromatic heterocycles. The molecule has 1 nitrogen and oxygen atoms in total. The molecule has 2 unspecified atom stereocenters. The lowest BCUT2D eigenvalue weighted by atomic mass is 9.71. The van der Waals surface area contributed by atoms with Crippen LogP contribution in [0.25, 0.3) is 0 Å². The Bertz CT molecular complexity index is 353. The minimum absolute atomic E-state index is 0.431. The van der Waals surface area contributed by atoms with Crippen molar-refractivity contribution in [3.63, 3.8) is 0 Å². The number of Topliss-reactive ketones (excluding diaryl/α,β-unsaturated/α-hetero) is 1. The van der Waals surface area contributed by atoms with Crippen LogP contribution in [0, 0.1) is 23.7 Å². The van der Waals surface area contributed by atoms with E-state index in [1.165, 1.54) is 103 Å².